The normalized spacial score (nSPS) is 27.9. The molecule has 1 saturated carbocycles. The van der Waals surface area contributed by atoms with Crippen molar-refractivity contribution in [1.82, 2.24) is 14.7 Å². The van der Waals surface area contributed by atoms with E-state index in [0.717, 1.165) is 12.8 Å². The summed E-state index contributed by atoms with van der Waals surface area (Å²) in [5.41, 5.74) is -0.991. The van der Waals surface area contributed by atoms with E-state index < -0.39 is 15.6 Å². The van der Waals surface area contributed by atoms with E-state index in [4.69, 9.17) is 0 Å². The molecule has 0 radical (unpaired) electrons. The molecule has 0 aliphatic heterocycles. The summed E-state index contributed by atoms with van der Waals surface area (Å²) in [6, 6.07) is 2.16. The summed E-state index contributed by atoms with van der Waals surface area (Å²) in [6.07, 6.45) is 4.28. The number of hydrogen-bond donors (Lipinski definition) is 2. The highest BCUT2D eigenvalue weighted by molar-refractivity contribution is 7.89. The Bertz CT molecular complexity index is 601. The Hall–Kier alpha value is -1.39. The average Bonchev–Trinajstić information content (AvgIpc) is 2.76. The Labute approximate surface area is 113 Å². The summed E-state index contributed by atoms with van der Waals surface area (Å²) in [7, 11) is -3.72. The van der Waals surface area contributed by atoms with E-state index in [1.54, 1.807) is 6.92 Å². The molecule has 1 aromatic heterocycles. The molecule has 19 heavy (non-hydrogen) atoms. The monoisotopic (exact) mass is 282 g/mol. The van der Waals surface area contributed by atoms with Gasteiger partial charge in [0, 0.05) is 0 Å². The molecule has 1 aliphatic rings. The number of nitriles is 1. The van der Waals surface area contributed by atoms with Crippen molar-refractivity contribution in [2.24, 2.45) is 5.92 Å². The Balaban J connectivity index is 2.25. The van der Waals surface area contributed by atoms with Crippen LogP contribution in [0.3, 0.4) is 0 Å². The van der Waals surface area contributed by atoms with Crippen molar-refractivity contribution in [2.75, 3.05) is 0 Å². The van der Waals surface area contributed by atoms with Gasteiger partial charge < -0.3 is 4.98 Å². The van der Waals surface area contributed by atoms with Crippen LogP contribution in [0, 0.1) is 24.2 Å². The van der Waals surface area contributed by atoms with Crippen molar-refractivity contribution in [3.63, 3.8) is 0 Å². The molecule has 0 bridgehead atoms. The highest BCUT2D eigenvalue weighted by atomic mass is 32.2. The average molecular weight is 282 g/mol. The first-order valence-corrected chi connectivity index (χ1v) is 7.82. The van der Waals surface area contributed by atoms with Crippen LogP contribution in [-0.2, 0) is 10.0 Å². The maximum atomic E-state index is 12.3. The third-order valence-corrected chi connectivity index (χ3v) is 4.96. The maximum absolute atomic E-state index is 12.3. The van der Waals surface area contributed by atoms with E-state index in [0.29, 0.717) is 24.6 Å². The zero-order valence-electron chi connectivity index (χ0n) is 11.1. The van der Waals surface area contributed by atoms with Gasteiger partial charge in [-0.05, 0) is 25.7 Å². The Kier molecular flexibility index (Phi) is 3.65. The van der Waals surface area contributed by atoms with Gasteiger partial charge in [0.15, 0.2) is 5.03 Å². The van der Waals surface area contributed by atoms with Crippen LogP contribution in [0.15, 0.2) is 11.2 Å². The van der Waals surface area contributed by atoms with Gasteiger partial charge in [-0.3, -0.25) is 0 Å². The van der Waals surface area contributed by atoms with Gasteiger partial charge >= 0.3 is 0 Å². The summed E-state index contributed by atoms with van der Waals surface area (Å²) in [5.74, 6) is 0.878. The standard InChI is InChI=1S/C12H18N4O2S/c1-9-4-3-5-12(6-9,8-13)16-19(17,18)11-7-14-10(2)15-11/h7,9,16H,3-6H2,1-2H3,(H,14,15)/t9-,12-/m0/s1. The molecule has 0 unspecified atom stereocenters. The summed E-state index contributed by atoms with van der Waals surface area (Å²) < 4.78 is 27.1. The van der Waals surface area contributed by atoms with Crippen molar-refractivity contribution in [1.29, 1.82) is 5.26 Å². The van der Waals surface area contributed by atoms with Crippen LogP contribution < -0.4 is 4.72 Å². The molecule has 1 fully saturated rings. The summed E-state index contributed by atoms with van der Waals surface area (Å²) in [4.78, 5) is 6.57. The number of aromatic nitrogens is 2. The molecule has 6 nitrogen and oxygen atoms in total. The predicted octanol–water partition coefficient (Wildman–Crippen LogP) is 1.47. The quantitative estimate of drug-likeness (QED) is 0.877. The van der Waals surface area contributed by atoms with E-state index in [9.17, 15) is 13.7 Å². The largest absolute Gasteiger partial charge is 0.332 e. The van der Waals surface area contributed by atoms with Crippen LogP contribution in [0.4, 0.5) is 0 Å². The molecule has 2 N–H and O–H groups in total. The predicted molar refractivity (Wildman–Crippen MR) is 69.6 cm³/mol. The molecule has 1 heterocycles. The Morgan fingerprint density at radius 1 is 1.63 bits per heavy atom. The molecule has 1 aliphatic carbocycles. The van der Waals surface area contributed by atoms with Gasteiger partial charge in [0.1, 0.15) is 11.4 Å². The second-order valence-electron chi connectivity index (χ2n) is 5.33. The van der Waals surface area contributed by atoms with Gasteiger partial charge in [0.2, 0.25) is 0 Å². The first-order chi connectivity index (χ1) is 8.87. The molecule has 104 valence electrons. The number of sulfonamides is 1. The number of aryl methyl sites for hydroxylation is 1. The lowest BCUT2D eigenvalue weighted by atomic mass is 9.78. The number of nitrogens with zero attached hydrogens (tertiary/aromatic N) is 2. The van der Waals surface area contributed by atoms with E-state index in [-0.39, 0.29) is 5.03 Å². The summed E-state index contributed by atoms with van der Waals surface area (Å²) in [6.45, 7) is 3.72. The van der Waals surface area contributed by atoms with Gasteiger partial charge in [-0.1, -0.05) is 19.8 Å². The third-order valence-electron chi connectivity index (χ3n) is 3.51. The van der Waals surface area contributed by atoms with Crippen LogP contribution in [0.2, 0.25) is 0 Å². The number of aromatic amines is 1. The molecule has 0 saturated heterocycles. The summed E-state index contributed by atoms with van der Waals surface area (Å²) >= 11 is 0. The van der Waals surface area contributed by atoms with Crippen LogP contribution in [0.1, 0.15) is 38.4 Å². The number of rotatable bonds is 3. The molecule has 0 spiro atoms. The van der Waals surface area contributed by atoms with Crippen LogP contribution >= 0.6 is 0 Å². The number of nitrogens with one attached hydrogen (secondary N) is 2. The van der Waals surface area contributed by atoms with Gasteiger partial charge in [-0.2, -0.15) is 9.98 Å². The molecule has 2 atom stereocenters. The van der Waals surface area contributed by atoms with Gasteiger partial charge in [-0.15, -0.1) is 0 Å². The fourth-order valence-electron chi connectivity index (χ4n) is 2.62. The molecule has 1 aromatic rings. The minimum absolute atomic E-state index is 0.0119. The zero-order chi connectivity index (χ0) is 14.1. The number of H-pyrrole nitrogens is 1. The second-order valence-corrected chi connectivity index (χ2v) is 6.98. The lowest BCUT2D eigenvalue weighted by Gasteiger charge is -2.34. The molecule has 2 rings (SSSR count). The minimum atomic E-state index is -3.72. The van der Waals surface area contributed by atoms with Crippen molar-refractivity contribution in [3.05, 3.63) is 12.0 Å². The van der Waals surface area contributed by atoms with Crippen molar-refractivity contribution in [2.45, 2.75) is 50.1 Å². The molecule has 0 amide bonds. The number of imidazole rings is 1. The highest BCUT2D eigenvalue weighted by Crippen LogP contribution is 2.32. The van der Waals surface area contributed by atoms with E-state index in [1.807, 2.05) is 6.92 Å². The maximum Gasteiger partial charge on any atom is 0.258 e. The molecular weight excluding hydrogens is 264 g/mol. The molecular formula is C12H18N4O2S. The first-order valence-electron chi connectivity index (χ1n) is 6.34. The highest BCUT2D eigenvalue weighted by Gasteiger charge is 2.39. The third kappa shape index (κ3) is 2.96. The number of hydrogen-bond acceptors (Lipinski definition) is 4. The fraction of sp³-hybridized carbons (Fsp3) is 0.667. The SMILES string of the molecule is Cc1ncc(S(=O)(=O)N[C@@]2(C#N)CCC[C@H](C)C2)[nH]1. The minimum Gasteiger partial charge on any atom is -0.332 e. The van der Waals surface area contributed by atoms with E-state index >= 15 is 0 Å². The second kappa shape index (κ2) is 4.94. The Morgan fingerprint density at radius 2 is 2.37 bits per heavy atom. The van der Waals surface area contributed by atoms with E-state index in [1.165, 1.54) is 6.20 Å². The topological polar surface area (TPSA) is 98.6 Å². The zero-order valence-corrected chi connectivity index (χ0v) is 11.9. The first kappa shape index (κ1) is 14.0. The van der Waals surface area contributed by atoms with Crippen molar-refractivity contribution < 1.29 is 8.42 Å². The van der Waals surface area contributed by atoms with Crippen LogP contribution in [-0.4, -0.2) is 23.9 Å². The fourth-order valence-corrected chi connectivity index (χ4v) is 3.94. The van der Waals surface area contributed by atoms with Gasteiger partial charge in [0.05, 0.1) is 12.3 Å². The lowest BCUT2D eigenvalue weighted by Crippen LogP contribution is -2.50. The molecule has 0 aromatic carbocycles. The van der Waals surface area contributed by atoms with Gasteiger partial charge in [-0.25, -0.2) is 13.4 Å². The van der Waals surface area contributed by atoms with Crippen LogP contribution in [0.25, 0.3) is 0 Å². The van der Waals surface area contributed by atoms with Crippen molar-refractivity contribution >= 4 is 10.0 Å². The lowest BCUT2D eigenvalue weighted by molar-refractivity contribution is 0.270. The molecule has 7 heteroatoms. The van der Waals surface area contributed by atoms with Crippen molar-refractivity contribution in [3.8, 4) is 6.07 Å². The van der Waals surface area contributed by atoms with E-state index in [2.05, 4.69) is 20.8 Å². The summed E-state index contributed by atoms with van der Waals surface area (Å²) in [5, 5.41) is 9.38. The Morgan fingerprint density at radius 3 is 2.89 bits per heavy atom. The van der Waals surface area contributed by atoms with Gasteiger partial charge in [0.25, 0.3) is 10.0 Å². The van der Waals surface area contributed by atoms with Crippen LogP contribution in [0.5, 0.6) is 0 Å². The smallest absolute Gasteiger partial charge is 0.258 e.